The maximum Gasteiger partial charge on any atom is 0.203 e. The van der Waals surface area contributed by atoms with Gasteiger partial charge < -0.3 is 14.2 Å². The van der Waals surface area contributed by atoms with Crippen molar-refractivity contribution in [3.05, 3.63) is 53.6 Å². The zero-order chi connectivity index (χ0) is 25.3. The second kappa shape index (κ2) is 17.1. The monoisotopic (exact) mass is 498 g/mol. The lowest BCUT2D eigenvalue weighted by Crippen LogP contribution is -2.06. The fourth-order valence-electron chi connectivity index (χ4n) is 3.22. The first-order valence-electron chi connectivity index (χ1n) is 13.1. The van der Waals surface area contributed by atoms with Gasteiger partial charge in [-0.3, -0.25) is 4.79 Å². The van der Waals surface area contributed by atoms with Crippen LogP contribution in [-0.2, 0) is 0 Å². The van der Waals surface area contributed by atoms with Crippen LogP contribution in [0.2, 0.25) is 0 Å². The molecule has 0 saturated carbocycles. The van der Waals surface area contributed by atoms with Crippen molar-refractivity contribution in [1.82, 2.24) is 0 Å². The molecule has 4 nitrogen and oxygen atoms in total. The predicted octanol–water partition coefficient (Wildman–Crippen LogP) is 8.62. The Morgan fingerprint density at radius 3 is 1.83 bits per heavy atom. The molecule has 0 atom stereocenters. The molecule has 0 aliphatic carbocycles. The molecular weight excluding hydrogens is 456 g/mol. The molecule has 2 aromatic rings. The molecule has 0 aliphatic heterocycles. The fourth-order valence-corrected chi connectivity index (χ4v) is 3.99. The van der Waals surface area contributed by atoms with E-state index in [1.165, 1.54) is 4.90 Å². The number of carbonyl (C=O) groups is 1. The van der Waals surface area contributed by atoms with E-state index in [-0.39, 0.29) is 5.78 Å². The van der Waals surface area contributed by atoms with Crippen LogP contribution in [-0.4, -0.2) is 31.4 Å². The number of hydrogen-bond acceptors (Lipinski definition) is 5. The molecule has 192 valence electrons. The SMILES string of the molecule is CCCCOc1cc(/C=C/C(=O)c2ccc(SCCC)cc2)cc(OCCCC)c1OCCCC. The zero-order valence-corrected chi connectivity index (χ0v) is 22.8. The maximum absolute atomic E-state index is 12.8. The molecule has 2 rings (SSSR count). The maximum atomic E-state index is 12.8. The Bertz CT molecular complexity index is 874. The molecule has 0 saturated heterocycles. The molecule has 35 heavy (non-hydrogen) atoms. The Hall–Kier alpha value is -2.40. The van der Waals surface area contributed by atoms with Crippen LogP contribution < -0.4 is 14.2 Å². The lowest BCUT2D eigenvalue weighted by Gasteiger charge is -2.18. The normalized spacial score (nSPS) is 11.1. The summed E-state index contributed by atoms with van der Waals surface area (Å²) in [5.74, 6) is 3.06. The minimum atomic E-state index is -0.0257. The fraction of sp³-hybridized carbons (Fsp3) is 0.500. The number of ether oxygens (including phenoxy) is 3. The van der Waals surface area contributed by atoms with Crippen molar-refractivity contribution in [3.8, 4) is 17.2 Å². The van der Waals surface area contributed by atoms with E-state index in [2.05, 4.69) is 27.7 Å². The topological polar surface area (TPSA) is 44.8 Å². The Morgan fingerprint density at radius 1 is 0.771 bits per heavy atom. The molecule has 0 unspecified atom stereocenters. The van der Waals surface area contributed by atoms with Crippen LogP contribution in [0.4, 0.5) is 0 Å². The van der Waals surface area contributed by atoms with Gasteiger partial charge in [-0.1, -0.05) is 53.0 Å². The Balaban J connectivity index is 2.27. The molecule has 0 N–H and O–H groups in total. The third-order valence-electron chi connectivity index (χ3n) is 5.34. The zero-order valence-electron chi connectivity index (χ0n) is 21.9. The van der Waals surface area contributed by atoms with Gasteiger partial charge in [0.15, 0.2) is 17.3 Å². The number of allylic oxidation sites excluding steroid dienone is 1. The number of unbranched alkanes of at least 4 members (excludes halogenated alkanes) is 3. The summed E-state index contributed by atoms with van der Waals surface area (Å²) in [6.45, 7) is 10.4. The smallest absolute Gasteiger partial charge is 0.203 e. The van der Waals surface area contributed by atoms with Crippen LogP contribution in [0.25, 0.3) is 6.08 Å². The predicted molar refractivity (Wildman–Crippen MR) is 148 cm³/mol. The van der Waals surface area contributed by atoms with Gasteiger partial charge in [0.05, 0.1) is 19.8 Å². The van der Waals surface area contributed by atoms with E-state index in [9.17, 15) is 4.79 Å². The molecule has 5 heteroatoms. The first kappa shape index (κ1) is 28.8. The highest BCUT2D eigenvalue weighted by Crippen LogP contribution is 2.40. The average Bonchev–Trinajstić information content (AvgIpc) is 2.88. The van der Waals surface area contributed by atoms with Gasteiger partial charge >= 0.3 is 0 Å². The number of rotatable bonds is 18. The van der Waals surface area contributed by atoms with Crippen molar-refractivity contribution in [2.24, 2.45) is 0 Å². The number of carbonyl (C=O) groups excluding carboxylic acids is 1. The summed E-state index contributed by atoms with van der Waals surface area (Å²) >= 11 is 1.81. The van der Waals surface area contributed by atoms with Crippen molar-refractivity contribution >= 4 is 23.6 Å². The lowest BCUT2D eigenvalue weighted by atomic mass is 10.1. The van der Waals surface area contributed by atoms with Crippen molar-refractivity contribution in [2.75, 3.05) is 25.6 Å². The minimum Gasteiger partial charge on any atom is -0.490 e. The average molecular weight is 499 g/mol. The van der Waals surface area contributed by atoms with Crippen LogP contribution in [0.3, 0.4) is 0 Å². The van der Waals surface area contributed by atoms with E-state index in [4.69, 9.17) is 14.2 Å². The van der Waals surface area contributed by atoms with Crippen molar-refractivity contribution < 1.29 is 19.0 Å². The number of benzene rings is 2. The highest BCUT2D eigenvalue weighted by Gasteiger charge is 2.15. The second-order valence-corrected chi connectivity index (χ2v) is 9.69. The number of thioether (sulfide) groups is 1. The first-order valence-corrected chi connectivity index (χ1v) is 14.1. The summed E-state index contributed by atoms with van der Waals surface area (Å²) in [5, 5.41) is 0. The van der Waals surface area contributed by atoms with Crippen LogP contribution in [0.15, 0.2) is 47.4 Å². The van der Waals surface area contributed by atoms with Crippen LogP contribution in [0.1, 0.15) is 88.6 Å². The van der Waals surface area contributed by atoms with Gasteiger partial charge in [0.25, 0.3) is 0 Å². The Labute approximate surface area is 216 Å². The Kier molecular flexibility index (Phi) is 14.1. The van der Waals surface area contributed by atoms with E-state index < -0.39 is 0 Å². The molecule has 0 radical (unpaired) electrons. The molecule has 0 fully saturated rings. The van der Waals surface area contributed by atoms with Gasteiger partial charge in [-0.25, -0.2) is 0 Å². The van der Waals surface area contributed by atoms with Crippen molar-refractivity contribution in [1.29, 1.82) is 0 Å². The summed E-state index contributed by atoms with van der Waals surface area (Å²) in [6.07, 6.45) is 10.6. The van der Waals surface area contributed by atoms with Crippen LogP contribution >= 0.6 is 11.8 Å². The van der Waals surface area contributed by atoms with Gasteiger partial charge in [-0.15, -0.1) is 11.8 Å². The quantitative estimate of drug-likeness (QED) is 0.0891. The highest BCUT2D eigenvalue weighted by atomic mass is 32.2. The molecular formula is C30H42O4S. The van der Waals surface area contributed by atoms with Gasteiger partial charge in [0.1, 0.15) is 0 Å². The largest absolute Gasteiger partial charge is 0.490 e. The number of hydrogen-bond donors (Lipinski definition) is 0. The van der Waals surface area contributed by atoms with E-state index in [1.54, 1.807) is 6.08 Å². The van der Waals surface area contributed by atoms with E-state index >= 15 is 0 Å². The molecule has 0 bridgehead atoms. The van der Waals surface area contributed by atoms with Gasteiger partial charge in [0, 0.05) is 10.5 Å². The lowest BCUT2D eigenvalue weighted by molar-refractivity contribution is 0.104. The number of ketones is 1. The third kappa shape index (κ3) is 10.4. The van der Waals surface area contributed by atoms with Gasteiger partial charge in [-0.05, 0) is 79.5 Å². The van der Waals surface area contributed by atoms with Crippen LogP contribution in [0, 0.1) is 0 Å². The summed E-state index contributed by atoms with van der Waals surface area (Å²) in [4.78, 5) is 14.0. The molecule has 0 spiro atoms. The third-order valence-corrected chi connectivity index (χ3v) is 6.56. The van der Waals surface area contributed by atoms with Crippen LogP contribution in [0.5, 0.6) is 17.2 Å². The Morgan fingerprint density at radius 2 is 1.31 bits per heavy atom. The standard InChI is InChI=1S/C30H42O4S/c1-5-9-18-32-28-22-24(23-29(33-19-10-6-2)30(28)34-20-11-7-3)12-17-27(31)25-13-15-26(16-14-25)35-21-8-4/h12-17,22-23H,5-11,18-21H2,1-4H3/b17-12+. The van der Waals surface area contributed by atoms with Gasteiger partial charge in [0.2, 0.25) is 5.75 Å². The summed E-state index contributed by atoms with van der Waals surface area (Å²) in [7, 11) is 0. The summed E-state index contributed by atoms with van der Waals surface area (Å²) < 4.78 is 18.3. The molecule has 0 aromatic heterocycles. The van der Waals surface area contributed by atoms with E-state index in [0.29, 0.717) is 42.6 Å². The molecule has 2 aromatic carbocycles. The second-order valence-electron chi connectivity index (χ2n) is 8.52. The summed E-state index contributed by atoms with van der Waals surface area (Å²) in [5.41, 5.74) is 1.54. The molecule has 0 heterocycles. The van der Waals surface area contributed by atoms with E-state index in [1.807, 2.05) is 54.2 Å². The van der Waals surface area contributed by atoms with E-state index in [0.717, 1.165) is 56.3 Å². The highest BCUT2D eigenvalue weighted by molar-refractivity contribution is 7.99. The van der Waals surface area contributed by atoms with Gasteiger partial charge in [-0.2, -0.15) is 0 Å². The molecule has 0 amide bonds. The first-order chi connectivity index (χ1) is 17.1. The minimum absolute atomic E-state index is 0.0257. The van der Waals surface area contributed by atoms with Crippen molar-refractivity contribution in [2.45, 2.75) is 77.5 Å². The molecule has 0 aliphatic rings. The van der Waals surface area contributed by atoms with Crippen molar-refractivity contribution in [3.63, 3.8) is 0 Å². The summed E-state index contributed by atoms with van der Waals surface area (Å²) in [6, 6.07) is 11.7.